The predicted molar refractivity (Wildman–Crippen MR) is 65.2 cm³/mol. The molecule has 1 aliphatic rings. The van der Waals surface area contributed by atoms with Crippen molar-refractivity contribution < 1.29 is 4.79 Å². The molecule has 1 saturated carbocycles. The van der Waals surface area contributed by atoms with Gasteiger partial charge in [0.1, 0.15) is 0 Å². The lowest BCUT2D eigenvalue weighted by Crippen LogP contribution is -2.22. The van der Waals surface area contributed by atoms with E-state index in [1.54, 1.807) is 12.1 Å². The highest BCUT2D eigenvalue weighted by Crippen LogP contribution is 2.34. The second kappa shape index (κ2) is 4.14. The number of hydrogen-bond acceptors (Lipinski definition) is 2. The maximum atomic E-state index is 12.0. The Hall–Kier alpha value is -0.540. The monoisotopic (exact) mass is 287 g/mol. The van der Waals surface area contributed by atoms with E-state index in [-0.39, 0.29) is 11.7 Å². The van der Waals surface area contributed by atoms with Crippen molar-refractivity contribution in [3.05, 3.63) is 27.2 Å². The fraction of sp³-hybridized carbons (Fsp3) is 0.364. The lowest BCUT2D eigenvalue weighted by Gasteiger charge is -2.24. The molecule has 1 aromatic rings. The second-order valence-electron chi connectivity index (χ2n) is 3.85. The van der Waals surface area contributed by atoms with Gasteiger partial charge in [0.25, 0.3) is 0 Å². The number of rotatable bonds is 2. The molecule has 0 bridgehead atoms. The van der Waals surface area contributed by atoms with Crippen molar-refractivity contribution in [1.29, 1.82) is 0 Å². The summed E-state index contributed by atoms with van der Waals surface area (Å²) in [4.78, 5) is 12.0. The number of Topliss-reactive ketones (excluding diaryl/α,β-unsaturated/α-hetero) is 1. The highest BCUT2D eigenvalue weighted by Gasteiger charge is 2.27. The Morgan fingerprint density at radius 2 is 2.13 bits per heavy atom. The van der Waals surface area contributed by atoms with Crippen molar-refractivity contribution in [2.24, 2.45) is 5.92 Å². The Morgan fingerprint density at radius 1 is 1.47 bits per heavy atom. The van der Waals surface area contributed by atoms with E-state index in [1.165, 1.54) is 0 Å². The molecule has 80 valence electrons. The minimum atomic E-state index is 0.133. The Kier molecular flexibility index (Phi) is 3.03. The third kappa shape index (κ3) is 2.04. The quantitative estimate of drug-likeness (QED) is 0.666. The molecule has 15 heavy (non-hydrogen) atoms. The van der Waals surface area contributed by atoms with Gasteiger partial charge in [-0.25, -0.2) is 0 Å². The number of carbonyl (C=O) groups is 1. The molecule has 0 heterocycles. The average molecular weight is 289 g/mol. The standard InChI is InChI=1S/C11H11BrClNO/c12-8-5-10(14)7(4-9(8)13)11(15)6-2-1-3-6/h4-6H,1-3,14H2. The molecule has 0 radical (unpaired) electrons. The van der Waals surface area contributed by atoms with Gasteiger partial charge in [0.15, 0.2) is 5.78 Å². The Bertz CT molecular complexity index is 415. The lowest BCUT2D eigenvalue weighted by atomic mass is 9.79. The average Bonchev–Trinajstić information content (AvgIpc) is 2.08. The summed E-state index contributed by atoms with van der Waals surface area (Å²) in [5.41, 5.74) is 6.86. The molecule has 2 N–H and O–H groups in total. The molecule has 1 fully saturated rings. The van der Waals surface area contributed by atoms with E-state index in [0.717, 1.165) is 23.7 Å². The van der Waals surface area contributed by atoms with E-state index in [9.17, 15) is 4.79 Å². The number of nitrogens with two attached hydrogens (primary N) is 1. The predicted octanol–water partition coefficient (Wildman–Crippen LogP) is 3.67. The Balaban J connectivity index is 2.34. The maximum absolute atomic E-state index is 12.0. The topological polar surface area (TPSA) is 43.1 Å². The van der Waals surface area contributed by atoms with Crippen LogP contribution in [0, 0.1) is 5.92 Å². The van der Waals surface area contributed by atoms with Crippen LogP contribution in [0.5, 0.6) is 0 Å². The third-order valence-corrected chi connectivity index (χ3v) is 4.03. The number of anilines is 1. The van der Waals surface area contributed by atoms with Crippen molar-refractivity contribution >= 4 is 39.0 Å². The van der Waals surface area contributed by atoms with Crippen molar-refractivity contribution in [1.82, 2.24) is 0 Å². The van der Waals surface area contributed by atoms with E-state index in [2.05, 4.69) is 15.9 Å². The summed E-state index contributed by atoms with van der Waals surface area (Å²) in [6.45, 7) is 0. The van der Waals surface area contributed by atoms with Gasteiger partial charge in [-0.15, -0.1) is 0 Å². The maximum Gasteiger partial charge on any atom is 0.168 e. The molecular weight excluding hydrogens is 277 g/mol. The summed E-state index contributed by atoms with van der Waals surface area (Å²) in [6, 6.07) is 3.34. The van der Waals surface area contributed by atoms with Gasteiger partial charge >= 0.3 is 0 Å². The van der Waals surface area contributed by atoms with Crippen molar-refractivity contribution in [2.45, 2.75) is 19.3 Å². The van der Waals surface area contributed by atoms with Crippen LogP contribution in [0.4, 0.5) is 5.69 Å². The van der Waals surface area contributed by atoms with Crippen molar-refractivity contribution in [2.75, 3.05) is 5.73 Å². The third-order valence-electron chi connectivity index (χ3n) is 2.83. The number of nitrogen functional groups attached to an aromatic ring is 1. The fourth-order valence-electron chi connectivity index (χ4n) is 1.67. The van der Waals surface area contributed by atoms with Crippen LogP contribution in [0.3, 0.4) is 0 Å². The Labute approximate surface area is 102 Å². The van der Waals surface area contributed by atoms with E-state index >= 15 is 0 Å². The van der Waals surface area contributed by atoms with Crippen LogP contribution in [0.2, 0.25) is 5.02 Å². The summed E-state index contributed by atoms with van der Waals surface area (Å²) in [5.74, 6) is 0.290. The van der Waals surface area contributed by atoms with Gasteiger partial charge in [-0.1, -0.05) is 18.0 Å². The van der Waals surface area contributed by atoms with Gasteiger partial charge in [0.2, 0.25) is 0 Å². The first-order valence-electron chi connectivity index (χ1n) is 4.88. The summed E-state index contributed by atoms with van der Waals surface area (Å²) < 4.78 is 0.729. The molecule has 2 rings (SSSR count). The van der Waals surface area contributed by atoms with Crippen LogP contribution >= 0.6 is 27.5 Å². The van der Waals surface area contributed by atoms with Crippen molar-refractivity contribution in [3.63, 3.8) is 0 Å². The molecular formula is C11H11BrClNO. The minimum Gasteiger partial charge on any atom is -0.398 e. The fourth-order valence-corrected chi connectivity index (χ4v) is 2.19. The summed E-state index contributed by atoms with van der Waals surface area (Å²) in [7, 11) is 0. The minimum absolute atomic E-state index is 0.133. The van der Waals surface area contributed by atoms with Gasteiger partial charge in [-0.2, -0.15) is 0 Å². The van der Waals surface area contributed by atoms with Gasteiger partial charge in [-0.3, -0.25) is 4.79 Å². The molecule has 1 aromatic carbocycles. The zero-order valence-corrected chi connectivity index (χ0v) is 10.4. The van der Waals surface area contributed by atoms with Gasteiger partial charge in [0, 0.05) is 21.6 Å². The van der Waals surface area contributed by atoms with Gasteiger partial charge in [0.05, 0.1) is 5.02 Å². The molecule has 0 spiro atoms. The molecule has 0 saturated heterocycles. The second-order valence-corrected chi connectivity index (χ2v) is 5.11. The van der Waals surface area contributed by atoms with Gasteiger partial charge in [-0.05, 0) is 40.9 Å². The highest BCUT2D eigenvalue weighted by atomic mass is 79.9. The zero-order valence-electron chi connectivity index (χ0n) is 8.09. The van der Waals surface area contributed by atoms with Crippen LogP contribution in [0.25, 0.3) is 0 Å². The Morgan fingerprint density at radius 3 is 2.67 bits per heavy atom. The zero-order chi connectivity index (χ0) is 11.0. The SMILES string of the molecule is Nc1cc(Br)c(Cl)cc1C(=O)C1CCC1. The molecule has 2 nitrogen and oxygen atoms in total. The number of hydrogen-bond donors (Lipinski definition) is 1. The van der Waals surface area contributed by atoms with Crippen LogP contribution in [0.1, 0.15) is 29.6 Å². The summed E-state index contributed by atoms with van der Waals surface area (Å²) >= 11 is 9.22. The van der Waals surface area contributed by atoms with Crippen LogP contribution in [-0.2, 0) is 0 Å². The molecule has 4 heteroatoms. The molecule has 0 unspecified atom stereocenters. The lowest BCUT2D eigenvalue weighted by molar-refractivity contribution is 0.0856. The first-order valence-corrected chi connectivity index (χ1v) is 6.05. The number of benzene rings is 1. The van der Waals surface area contributed by atoms with Crippen LogP contribution in [0.15, 0.2) is 16.6 Å². The van der Waals surface area contributed by atoms with E-state index in [4.69, 9.17) is 17.3 Å². The smallest absolute Gasteiger partial charge is 0.168 e. The van der Waals surface area contributed by atoms with Crippen molar-refractivity contribution in [3.8, 4) is 0 Å². The number of ketones is 1. The molecule has 0 aromatic heterocycles. The highest BCUT2D eigenvalue weighted by molar-refractivity contribution is 9.10. The molecule has 1 aliphatic carbocycles. The molecule has 0 atom stereocenters. The summed E-state index contributed by atoms with van der Waals surface area (Å²) in [5, 5.41) is 0.534. The van der Waals surface area contributed by atoms with Crippen LogP contribution in [-0.4, -0.2) is 5.78 Å². The number of halogens is 2. The first kappa shape index (κ1) is 11.0. The largest absolute Gasteiger partial charge is 0.398 e. The first-order chi connectivity index (χ1) is 7.09. The van der Waals surface area contributed by atoms with E-state index in [0.29, 0.717) is 16.3 Å². The van der Waals surface area contributed by atoms with E-state index < -0.39 is 0 Å². The van der Waals surface area contributed by atoms with Gasteiger partial charge < -0.3 is 5.73 Å². The van der Waals surface area contributed by atoms with Crippen LogP contribution < -0.4 is 5.73 Å². The number of carbonyl (C=O) groups excluding carboxylic acids is 1. The van der Waals surface area contributed by atoms with E-state index in [1.807, 2.05) is 0 Å². The summed E-state index contributed by atoms with van der Waals surface area (Å²) in [6.07, 6.45) is 3.10. The normalized spacial score (nSPS) is 16.1. The molecule has 0 amide bonds. The molecule has 0 aliphatic heterocycles.